The van der Waals surface area contributed by atoms with E-state index >= 15 is 0 Å². The highest BCUT2D eigenvalue weighted by atomic mass is 32.2. The van der Waals surface area contributed by atoms with E-state index in [0.717, 1.165) is 11.3 Å². The molecule has 1 aliphatic heterocycles. The van der Waals surface area contributed by atoms with E-state index in [2.05, 4.69) is 5.32 Å². The highest BCUT2D eigenvalue weighted by Crippen LogP contribution is 2.34. The number of fused-ring (bicyclic) bond motifs is 1. The Morgan fingerprint density at radius 3 is 2.42 bits per heavy atom. The zero-order valence-corrected chi connectivity index (χ0v) is 21.1. The van der Waals surface area contributed by atoms with Crippen LogP contribution in [-0.4, -0.2) is 56.2 Å². The third kappa shape index (κ3) is 4.42. The lowest BCUT2D eigenvalue weighted by Gasteiger charge is -2.28. The molecule has 0 bridgehead atoms. The predicted molar refractivity (Wildman–Crippen MR) is 139 cm³/mol. The first-order chi connectivity index (χ1) is 17.3. The average Bonchev–Trinajstić information content (AvgIpc) is 3.19. The fourth-order valence-corrected chi connectivity index (χ4v) is 5.52. The summed E-state index contributed by atoms with van der Waals surface area (Å²) in [6.07, 6.45) is 1.49. The minimum absolute atomic E-state index is 0.104. The molecule has 1 amide bonds. The molecule has 4 aromatic rings. The number of nitrogens with zero attached hydrogens (tertiary/aromatic N) is 2. The number of amides is 1. The van der Waals surface area contributed by atoms with Crippen LogP contribution in [-0.2, 0) is 16.3 Å². The molecule has 0 radical (unpaired) electrons. The second kappa shape index (κ2) is 9.52. The lowest BCUT2D eigenvalue weighted by atomic mass is 9.99. The molecule has 2 heterocycles. The number of aromatic nitrogens is 1. The van der Waals surface area contributed by atoms with Crippen molar-refractivity contribution in [2.24, 2.45) is 0 Å². The summed E-state index contributed by atoms with van der Waals surface area (Å²) in [6.45, 7) is 4.31. The molecule has 1 aromatic heterocycles. The van der Waals surface area contributed by atoms with Crippen molar-refractivity contribution in [2.45, 2.75) is 18.2 Å². The maximum atomic E-state index is 14.5. The molecule has 3 aromatic carbocycles. The first-order valence-corrected chi connectivity index (χ1v) is 13.8. The van der Waals surface area contributed by atoms with Gasteiger partial charge in [0.2, 0.25) is 0 Å². The van der Waals surface area contributed by atoms with Crippen LogP contribution in [0, 0.1) is 12.7 Å². The molecule has 0 spiro atoms. The topological polar surface area (TPSA) is 71.4 Å². The Kier molecular flexibility index (Phi) is 6.40. The number of carbonyl (C=O) groups is 1. The van der Waals surface area contributed by atoms with Gasteiger partial charge in [-0.25, -0.2) is 12.8 Å². The van der Waals surface area contributed by atoms with Crippen molar-refractivity contribution in [2.75, 3.05) is 32.4 Å². The number of halogens is 1. The van der Waals surface area contributed by atoms with Gasteiger partial charge in [0, 0.05) is 55.6 Å². The zero-order valence-electron chi connectivity index (χ0n) is 20.3. The minimum Gasteiger partial charge on any atom is -0.336 e. The SMILES string of the molecule is Cc1c(F)cccc1Cc1c(C(=O)N2CCNCC2)c2ccc(S(C)(=O)=O)cc2n1-c1ccccc1. The molecule has 6 nitrogen and oxygen atoms in total. The van der Waals surface area contributed by atoms with Gasteiger partial charge in [-0.1, -0.05) is 36.4 Å². The Balaban J connectivity index is 1.84. The summed E-state index contributed by atoms with van der Waals surface area (Å²) in [5, 5.41) is 3.95. The molecule has 1 fully saturated rings. The molecule has 8 heteroatoms. The van der Waals surface area contributed by atoms with Crippen LogP contribution in [0.2, 0.25) is 0 Å². The van der Waals surface area contributed by atoms with E-state index in [1.807, 2.05) is 45.9 Å². The Bertz CT molecular complexity index is 1560. The van der Waals surface area contributed by atoms with Gasteiger partial charge in [0.25, 0.3) is 5.91 Å². The standard InChI is InChI=1S/C28H28FN3O3S/c1-19-20(7-6-10-24(19)29)17-26-27(28(33)31-15-13-30-14-16-31)23-12-11-22(36(2,34)35)18-25(23)32(26)21-8-4-3-5-9-21/h3-12,18,30H,13-17H2,1-2H3. The number of nitrogens with one attached hydrogen (secondary N) is 1. The first-order valence-electron chi connectivity index (χ1n) is 11.9. The highest BCUT2D eigenvalue weighted by Gasteiger charge is 2.29. The molecule has 0 aliphatic carbocycles. The van der Waals surface area contributed by atoms with Crippen molar-refractivity contribution in [3.8, 4) is 5.69 Å². The molecule has 0 atom stereocenters. The van der Waals surface area contributed by atoms with E-state index in [1.165, 1.54) is 12.3 Å². The lowest BCUT2D eigenvalue weighted by molar-refractivity contribution is 0.0736. The quantitative estimate of drug-likeness (QED) is 0.443. The summed E-state index contributed by atoms with van der Waals surface area (Å²) in [5.74, 6) is -0.406. The molecule has 1 saturated heterocycles. The fraction of sp³-hybridized carbons (Fsp3) is 0.250. The number of hydrogen-bond donors (Lipinski definition) is 1. The molecule has 36 heavy (non-hydrogen) atoms. The highest BCUT2D eigenvalue weighted by molar-refractivity contribution is 7.90. The van der Waals surface area contributed by atoms with Crippen LogP contribution in [0.15, 0.2) is 71.6 Å². The Labute approximate surface area is 210 Å². The molecule has 5 rings (SSSR count). The minimum atomic E-state index is -3.48. The van der Waals surface area contributed by atoms with Crippen molar-refractivity contribution in [3.05, 3.63) is 94.9 Å². The second-order valence-corrected chi connectivity index (χ2v) is 11.2. The molecule has 0 unspecified atom stereocenters. The molecular weight excluding hydrogens is 477 g/mol. The number of benzene rings is 3. The van der Waals surface area contributed by atoms with Gasteiger partial charge in [-0.15, -0.1) is 0 Å². The van der Waals surface area contributed by atoms with Crippen molar-refractivity contribution in [1.82, 2.24) is 14.8 Å². The van der Waals surface area contributed by atoms with Gasteiger partial charge < -0.3 is 14.8 Å². The predicted octanol–water partition coefficient (Wildman–Crippen LogP) is 4.12. The molecule has 1 N–H and O–H groups in total. The Hall–Kier alpha value is -3.49. The maximum absolute atomic E-state index is 14.5. The first kappa shape index (κ1) is 24.2. The zero-order chi connectivity index (χ0) is 25.4. The smallest absolute Gasteiger partial charge is 0.256 e. The molecular formula is C28H28FN3O3S. The molecule has 1 aliphatic rings. The van der Waals surface area contributed by atoms with Gasteiger partial charge in [0.1, 0.15) is 5.82 Å². The van der Waals surface area contributed by atoms with Gasteiger partial charge in [-0.05, 0) is 48.4 Å². The van der Waals surface area contributed by atoms with Crippen LogP contribution in [0.25, 0.3) is 16.6 Å². The van der Waals surface area contributed by atoms with Gasteiger partial charge in [0.05, 0.1) is 16.0 Å². The molecule has 186 valence electrons. The van der Waals surface area contributed by atoms with Crippen LogP contribution in [0.1, 0.15) is 27.2 Å². The maximum Gasteiger partial charge on any atom is 0.256 e. The van der Waals surface area contributed by atoms with E-state index in [9.17, 15) is 17.6 Å². The number of rotatable bonds is 5. The Morgan fingerprint density at radius 2 is 1.72 bits per heavy atom. The summed E-state index contributed by atoms with van der Waals surface area (Å²) in [6, 6.07) is 19.4. The normalized spacial score (nSPS) is 14.4. The average molecular weight is 506 g/mol. The van der Waals surface area contributed by atoms with E-state index in [0.29, 0.717) is 60.3 Å². The third-order valence-corrected chi connectivity index (χ3v) is 7.95. The summed E-state index contributed by atoms with van der Waals surface area (Å²) >= 11 is 0. The van der Waals surface area contributed by atoms with Crippen LogP contribution in [0.3, 0.4) is 0 Å². The van der Waals surface area contributed by atoms with Crippen LogP contribution in [0.4, 0.5) is 4.39 Å². The lowest BCUT2D eigenvalue weighted by Crippen LogP contribution is -2.46. The third-order valence-electron chi connectivity index (χ3n) is 6.84. The van der Waals surface area contributed by atoms with E-state index in [4.69, 9.17) is 0 Å². The summed E-state index contributed by atoms with van der Waals surface area (Å²) in [7, 11) is -3.48. The van der Waals surface area contributed by atoms with Gasteiger partial charge in [-0.3, -0.25) is 4.79 Å². The van der Waals surface area contributed by atoms with E-state index < -0.39 is 9.84 Å². The van der Waals surface area contributed by atoms with E-state index in [-0.39, 0.29) is 16.6 Å². The van der Waals surface area contributed by atoms with Crippen LogP contribution < -0.4 is 5.32 Å². The van der Waals surface area contributed by atoms with Crippen molar-refractivity contribution in [3.63, 3.8) is 0 Å². The number of para-hydroxylation sites is 1. The summed E-state index contributed by atoms with van der Waals surface area (Å²) in [4.78, 5) is 16.0. The summed E-state index contributed by atoms with van der Waals surface area (Å²) < 4.78 is 41.3. The second-order valence-electron chi connectivity index (χ2n) is 9.19. The largest absolute Gasteiger partial charge is 0.336 e. The summed E-state index contributed by atoms with van der Waals surface area (Å²) in [5.41, 5.74) is 3.97. The van der Waals surface area contributed by atoms with E-state index in [1.54, 1.807) is 31.2 Å². The van der Waals surface area contributed by atoms with Gasteiger partial charge in [0.15, 0.2) is 9.84 Å². The number of hydrogen-bond acceptors (Lipinski definition) is 4. The van der Waals surface area contributed by atoms with Crippen LogP contribution >= 0.6 is 0 Å². The van der Waals surface area contributed by atoms with Crippen molar-refractivity contribution in [1.29, 1.82) is 0 Å². The van der Waals surface area contributed by atoms with Crippen molar-refractivity contribution < 1.29 is 17.6 Å². The van der Waals surface area contributed by atoms with Crippen LogP contribution in [0.5, 0.6) is 0 Å². The van der Waals surface area contributed by atoms with Gasteiger partial charge in [-0.2, -0.15) is 0 Å². The number of sulfone groups is 1. The molecule has 0 saturated carbocycles. The monoisotopic (exact) mass is 505 g/mol. The number of carbonyl (C=O) groups excluding carboxylic acids is 1. The van der Waals surface area contributed by atoms with Gasteiger partial charge >= 0.3 is 0 Å². The fourth-order valence-electron chi connectivity index (χ4n) is 4.88. The Morgan fingerprint density at radius 1 is 1.00 bits per heavy atom. The number of piperazine rings is 1. The van der Waals surface area contributed by atoms with Crippen molar-refractivity contribution >= 4 is 26.6 Å².